The quantitative estimate of drug-likeness (QED) is 0.688. The first-order valence-corrected chi connectivity index (χ1v) is 5.23. The molecule has 1 amide bonds. The van der Waals surface area contributed by atoms with E-state index < -0.39 is 11.6 Å². The molecule has 4 heteroatoms. The molecule has 2 atom stereocenters. The van der Waals surface area contributed by atoms with Crippen molar-refractivity contribution in [2.24, 2.45) is 5.73 Å². The molecule has 1 aromatic rings. The van der Waals surface area contributed by atoms with Gasteiger partial charge in [0, 0.05) is 0 Å². The van der Waals surface area contributed by atoms with Gasteiger partial charge in [0.1, 0.15) is 0 Å². The molecule has 1 aromatic carbocycles. The van der Waals surface area contributed by atoms with Gasteiger partial charge in [0.2, 0.25) is 5.91 Å². The standard InChI is InChI=1S/C12H18N2O2/c1-9(13)11(16)14-12(2,8-15)10-6-4-3-5-7-10/h3-7,9,15H,8,13H2,1-2H3,(H,14,16). The molecular weight excluding hydrogens is 204 g/mol. The van der Waals surface area contributed by atoms with E-state index in [9.17, 15) is 9.90 Å². The van der Waals surface area contributed by atoms with Crippen molar-refractivity contribution in [2.45, 2.75) is 25.4 Å². The van der Waals surface area contributed by atoms with Crippen LogP contribution in [0.1, 0.15) is 19.4 Å². The summed E-state index contributed by atoms with van der Waals surface area (Å²) in [4.78, 5) is 11.5. The van der Waals surface area contributed by atoms with Gasteiger partial charge in [0.15, 0.2) is 0 Å². The summed E-state index contributed by atoms with van der Waals surface area (Å²) in [6.45, 7) is 3.20. The largest absolute Gasteiger partial charge is 0.394 e. The lowest BCUT2D eigenvalue weighted by molar-refractivity contribution is -0.124. The second-order valence-corrected chi connectivity index (χ2v) is 4.13. The van der Waals surface area contributed by atoms with Crippen LogP contribution >= 0.6 is 0 Å². The highest BCUT2D eigenvalue weighted by molar-refractivity contribution is 5.81. The molecule has 0 saturated carbocycles. The van der Waals surface area contributed by atoms with Crippen molar-refractivity contribution in [1.82, 2.24) is 5.32 Å². The van der Waals surface area contributed by atoms with Crippen LogP contribution in [0.2, 0.25) is 0 Å². The molecule has 2 unspecified atom stereocenters. The van der Waals surface area contributed by atoms with Crippen LogP contribution in [0, 0.1) is 0 Å². The minimum atomic E-state index is -0.786. The Kier molecular flexibility index (Phi) is 4.04. The number of nitrogens with two attached hydrogens (primary N) is 1. The van der Waals surface area contributed by atoms with Crippen LogP contribution in [0.15, 0.2) is 30.3 Å². The monoisotopic (exact) mass is 222 g/mol. The fourth-order valence-corrected chi connectivity index (χ4v) is 1.39. The predicted octanol–water partition coefficient (Wildman–Crippen LogP) is 0.358. The lowest BCUT2D eigenvalue weighted by Crippen LogP contribution is -2.51. The molecule has 0 saturated heterocycles. The maximum absolute atomic E-state index is 11.5. The number of benzene rings is 1. The summed E-state index contributed by atoms with van der Waals surface area (Å²) in [5.74, 6) is -0.277. The fraction of sp³-hybridized carbons (Fsp3) is 0.417. The number of rotatable bonds is 4. The second kappa shape index (κ2) is 5.09. The number of aliphatic hydroxyl groups excluding tert-OH is 1. The third-order valence-electron chi connectivity index (χ3n) is 2.54. The maximum atomic E-state index is 11.5. The van der Waals surface area contributed by atoms with Gasteiger partial charge in [0.25, 0.3) is 0 Å². The van der Waals surface area contributed by atoms with Crippen molar-refractivity contribution in [1.29, 1.82) is 0 Å². The first-order chi connectivity index (χ1) is 7.49. The zero-order chi connectivity index (χ0) is 12.2. The molecular formula is C12H18N2O2. The molecule has 0 aromatic heterocycles. The molecule has 88 valence electrons. The Bertz CT molecular complexity index is 351. The summed E-state index contributed by atoms with van der Waals surface area (Å²) in [5, 5.41) is 12.2. The zero-order valence-electron chi connectivity index (χ0n) is 9.60. The average molecular weight is 222 g/mol. The summed E-state index contributed by atoms with van der Waals surface area (Å²) < 4.78 is 0. The van der Waals surface area contributed by atoms with E-state index in [2.05, 4.69) is 5.32 Å². The molecule has 0 spiro atoms. The molecule has 0 aliphatic rings. The van der Waals surface area contributed by atoms with Gasteiger partial charge in [-0.15, -0.1) is 0 Å². The third-order valence-corrected chi connectivity index (χ3v) is 2.54. The van der Waals surface area contributed by atoms with Gasteiger partial charge < -0.3 is 16.2 Å². The summed E-state index contributed by atoms with van der Waals surface area (Å²) in [6.07, 6.45) is 0. The Balaban J connectivity index is 2.90. The number of amides is 1. The van der Waals surface area contributed by atoms with Gasteiger partial charge in [-0.2, -0.15) is 0 Å². The van der Waals surface area contributed by atoms with E-state index >= 15 is 0 Å². The Hall–Kier alpha value is -1.39. The second-order valence-electron chi connectivity index (χ2n) is 4.13. The molecule has 0 aliphatic carbocycles. The van der Waals surface area contributed by atoms with Gasteiger partial charge in [0.05, 0.1) is 18.2 Å². The lowest BCUT2D eigenvalue weighted by Gasteiger charge is -2.30. The molecule has 4 nitrogen and oxygen atoms in total. The van der Waals surface area contributed by atoms with Gasteiger partial charge in [-0.3, -0.25) is 4.79 Å². The molecule has 0 aliphatic heterocycles. The van der Waals surface area contributed by atoms with E-state index in [1.54, 1.807) is 13.8 Å². The summed E-state index contributed by atoms with van der Waals surface area (Å²) in [7, 11) is 0. The van der Waals surface area contributed by atoms with Crippen LogP contribution in [-0.2, 0) is 10.3 Å². The maximum Gasteiger partial charge on any atom is 0.237 e. The van der Waals surface area contributed by atoms with Crippen molar-refractivity contribution in [3.05, 3.63) is 35.9 Å². The van der Waals surface area contributed by atoms with E-state index in [0.717, 1.165) is 5.56 Å². The van der Waals surface area contributed by atoms with Crippen molar-refractivity contribution in [3.63, 3.8) is 0 Å². The Morgan fingerprint density at radius 3 is 2.50 bits per heavy atom. The van der Waals surface area contributed by atoms with Crippen LogP contribution in [0.3, 0.4) is 0 Å². The fourth-order valence-electron chi connectivity index (χ4n) is 1.39. The SMILES string of the molecule is CC(N)C(=O)NC(C)(CO)c1ccccc1. The number of hydrogen-bond acceptors (Lipinski definition) is 3. The van der Waals surface area contributed by atoms with Crippen molar-refractivity contribution < 1.29 is 9.90 Å². The minimum absolute atomic E-state index is 0.171. The van der Waals surface area contributed by atoms with Crippen LogP contribution in [0.5, 0.6) is 0 Å². The molecule has 0 radical (unpaired) electrons. The topological polar surface area (TPSA) is 75.4 Å². The number of carbonyl (C=O) groups is 1. The van der Waals surface area contributed by atoms with Crippen LogP contribution in [0.25, 0.3) is 0 Å². The van der Waals surface area contributed by atoms with Crippen LogP contribution < -0.4 is 11.1 Å². The summed E-state index contributed by atoms with van der Waals surface area (Å²) >= 11 is 0. The molecule has 0 bridgehead atoms. The molecule has 1 rings (SSSR count). The lowest BCUT2D eigenvalue weighted by atomic mass is 9.92. The molecule has 4 N–H and O–H groups in total. The summed E-state index contributed by atoms with van der Waals surface area (Å²) in [5.41, 5.74) is 5.55. The molecule has 0 fully saturated rings. The highest BCUT2D eigenvalue weighted by atomic mass is 16.3. The first-order valence-electron chi connectivity index (χ1n) is 5.23. The van der Waals surface area contributed by atoms with Crippen LogP contribution in [0.4, 0.5) is 0 Å². The van der Waals surface area contributed by atoms with Crippen molar-refractivity contribution in [3.8, 4) is 0 Å². The highest BCUT2D eigenvalue weighted by Gasteiger charge is 2.28. The smallest absolute Gasteiger partial charge is 0.237 e. The Labute approximate surface area is 95.5 Å². The number of nitrogens with one attached hydrogen (secondary N) is 1. The number of aliphatic hydroxyl groups is 1. The number of carbonyl (C=O) groups excluding carboxylic acids is 1. The Morgan fingerprint density at radius 1 is 1.50 bits per heavy atom. The normalized spacial score (nSPS) is 16.2. The van der Waals surface area contributed by atoms with Gasteiger partial charge in [-0.25, -0.2) is 0 Å². The predicted molar refractivity (Wildman–Crippen MR) is 62.7 cm³/mol. The summed E-state index contributed by atoms with van der Waals surface area (Å²) in [6, 6.07) is 8.74. The van der Waals surface area contributed by atoms with Gasteiger partial charge in [-0.05, 0) is 19.4 Å². The minimum Gasteiger partial charge on any atom is -0.394 e. The van der Waals surface area contributed by atoms with E-state index in [1.807, 2.05) is 30.3 Å². The first kappa shape index (κ1) is 12.7. The Morgan fingerprint density at radius 2 is 2.06 bits per heavy atom. The van der Waals surface area contributed by atoms with E-state index in [0.29, 0.717) is 0 Å². The average Bonchev–Trinajstić information content (AvgIpc) is 2.29. The van der Waals surface area contributed by atoms with Crippen LogP contribution in [-0.4, -0.2) is 23.7 Å². The number of hydrogen-bond donors (Lipinski definition) is 3. The third kappa shape index (κ3) is 2.81. The van der Waals surface area contributed by atoms with Crippen molar-refractivity contribution in [2.75, 3.05) is 6.61 Å². The van der Waals surface area contributed by atoms with Gasteiger partial charge >= 0.3 is 0 Å². The van der Waals surface area contributed by atoms with E-state index in [-0.39, 0.29) is 12.5 Å². The molecule has 16 heavy (non-hydrogen) atoms. The van der Waals surface area contributed by atoms with Crippen molar-refractivity contribution >= 4 is 5.91 Å². The molecule has 0 heterocycles. The van der Waals surface area contributed by atoms with Gasteiger partial charge in [-0.1, -0.05) is 30.3 Å². The highest BCUT2D eigenvalue weighted by Crippen LogP contribution is 2.19. The zero-order valence-corrected chi connectivity index (χ0v) is 9.60. The van der Waals surface area contributed by atoms with E-state index in [4.69, 9.17) is 5.73 Å². The van der Waals surface area contributed by atoms with E-state index in [1.165, 1.54) is 0 Å².